The molecule has 0 radical (unpaired) electrons. The number of thiophene rings is 1. The summed E-state index contributed by atoms with van der Waals surface area (Å²) in [6, 6.07) is 15.1. The number of nitrogens with one attached hydrogen (secondary N) is 2. The molecule has 2 unspecified atom stereocenters. The highest BCUT2D eigenvalue weighted by Gasteiger charge is 2.27. The van der Waals surface area contributed by atoms with Crippen LogP contribution >= 0.6 is 11.3 Å². The van der Waals surface area contributed by atoms with E-state index < -0.39 is 0 Å². The Labute approximate surface area is 141 Å². The summed E-state index contributed by atoms with van der Waals surface area (Å²) in [4.78, 5) is 15.6. The van der Waals surface area contributed by atoms with E-state index in [0.717, 1.165) is 19.5 Å². The molecule has 1 fully saturated rings. The maximum absolute atomic E-state index is 12.0. The molecule has 1 aliphatic rings. The molecule has 2 heterocycles. The molecule has 0 saturated carbocycles. The van der Waals surface area contributed by atoms with Crippen molar-refractivity contribution < 1.29 is 4.79 Å². The van der Waals surface area contributed by atoms with Gasteiger partial charge in [-0.2, -0.15) is 0 Å². The number of likely N-dealkylation sites (tertiary alicyclic amines) is 1. The third-order valence-electron chi connectivity index (χ3n) is 4.39. The van der Waals surface area contributed by atoms with Crippen molar-refractivity contribution in [2.24, 2.45) is 0 Å². The zero-order valence-electron chi connectivity index (χ0n) is 13.4. The summed E-state index contributed by atoms with van der Waals surface area (Å²) < 4.78 is 0. The van der Waals surface area contributed by atoms with E-state index in [0.29, 0.717) is 12.6 Å². The van der Waals surface area contributed by atoms with Crippen molar-refractivity contribution in [2.45, 2.75) is 32.0 Å². The summed E-state index contributed by atoms with van der Waals surface area (Å²) >= 11 is 1.66. The Bertz CT molecular complexity index is 614. The molecule has 2 N–H and O–H groups in total. The lowest BCUT2D eigenvalue weighted by molar-refractivity contribution is 0.231. The first-order valence-electron chi connectivity index (χ1n) is 8.08. The molecule has 0 spiro atoms. The second-order valence-electron chi connectivity index (χ2n) is 5.97. The van der Waals surface area contributed by atoms with Crippen molar-refractivity contribution in [3.63, 3.8) is 0 Å². The largest absolute Gasteiger partial charge is 0.334 e. The lowest BCUT2D eigenvalue weighted by Gasteiger charge is -2.24. The van der Waals surface area contributed by atoms with Gasteiger partial charge in [0, 0.05) is 30.1 Å². The lowest BCUT2D eigenvalue weighted by atomic mass is 10.1. The van der Waals surface area contributed by atoms with Crippen LogP contribution in [0.3, 0.4) is 0 Å². The molecule has 1 saturated heterocycles. The number of amides is 2. The van der Waals surface area contributed by atoms with Crippen LogP contribution in [0, 0.1) is 0 Å². The molecule has 1 aromatic carbocycles. The molecule has 2 aromatic rings. The highest BCUT2D eigenvalue weighted by Crippen LogP contribution is 2.24. The molecule has 122 valence electrons. The highest BCUT2D eigenvalue weighted by molar-refractivity contribution is 7.09. The number of nitrogens with zero attached hydrogens (tertiary/aromatic N) is 1. The van der Waals surface area contributed by atoms with Crippen LogP contribution in [0.2, 0.25) is 0 Å². The highest BCUT2D eigenvalue weighted by atomic mass is 32.1. The van der Waals surface area contributed by atoms with Gasteiger partial charge in [-0.25, -0.2) is 4.79 Å². The molecule has 1 aliphatic heterocycles. The van der Waals surface area contributed by atoms with Gasteiger partial charge < -0.3 is 10.6 Å². The Balaban J connectivity index is 1.45. The van der Waals surface area contributed by atoms with Crippen LogP contribution in [0.15, 0.2) is 47.8 Å². The van der Waals surface area contributed by atoms with E-state index >= 15 is 0 Å². The minimum atomic E-state index is -0.0717. The van der Waals surface area contributed by atoms with Crippen molar-refractivity contribution in [2.75, 3.05) is 13.1 Å². The summed E-state index contributed by atoms with van der Waals surface area (Å²) in [7, 11) is 0. The van der Waals surface area contributed by atoms with E-state index in [1.165, 1.54) is 10.4 Å². The standard InChI is InChI=1S/C18H23N3OS/c1-14(15-6-3-2-4-7-15)21-10-9-16(13-21)20-18(22)19-12-17-8-5-11-23-17/h2-8,11,14,16H,9-10,12-13H2,1H3,(H2,19,20,22). The maximum atomic E-state index is 12.0. The van der Waals surface area contributed by atoms with Crippen LogP contribution in [0.4, 0.5) is 4.79 Å². The monoisotopic (exact) mass is 329 g/mol. The van der Waals surface area contributed by atoms with Gasteiger partial charge in [0.1, 0.15) is 0 Å². The Kier molecular flexibility index (Phi) is 5.31. The number of rotatable bonds is 5. The number of urea groups is 1. The lowest BCUT2D eigenvalue weighted by Crippen LogP contribution is -2.43. The molecule has 23 heavy (non-hydrogen) atoms. The molecule has 0 aliphatic carbocycles. The Morgan fingerprint density at radius 2 is 2.13 bits per heavy atom. The van der Waals surface area contributed by atoms with Gasteiger partial charge in [0.2, 0.25) is 0 Å². The molecular formula is C18H23N3OS. The molecule has 2 atom stereocenters. The van der Waals surface area contributed by atoms with Crippen LogP contribution in [0.25, 0.3) is 0 Å². The van der Waals surface area contributed by atoms with E-state index in [1.54, 1.807) is 11.3 Å². The minimum Gasteiger partial charge on any atom is -0.334 e. The predicted octanol–water partition coefficient (Wildman–Crippen LogP) is 3.38. The Hall–Kier alpha value is -1.85. The number of benzene rings is 1. The van der Waals surface area contributed by atoms with Crippen molar-refractivity contribution in [3.8, 4) is 0 Å². The first-order chi connectivity index (χ1) is 11.2. The van der Waals surface area contributed by atoms with E-state index in [9.17, 15) is 4.79 Å². The summed E-state index contributed by atoms with van der Waals surface area (Å²) in [5.41, 5.74) is 1.33. The van der Waals surface area contributed by atoms with Gasteiger partial charge in [0.25, 0.3) is 0 Å². The number of carbonyl (C=O) groups is 1. The predicted molar refractivity (Wildman–Crippen MR) is 94.5 cm³/mol. The molecule has 1 aromatic heterocycles. The van der Waals surface area contributed by atoms with Gasteiger partial charge in [-0.05, 0) is 30.4 Å². The van der Waals surface area contributed by atoms with Gasteiger partial charge in [-0.15, -0.1) is 11.3 Å². The quantitative estimate of drug-likeness (QED) is 0.883. The normalized spacial score (nSPS) is 19.4. The summed E-state index contributed by atoms with van der Waals surface area (Å²) in [6.07, 6.45) is 1.00. The fourth-order valence-electron chi connectivity index (χ4n) is 3.02. The second kappa shape index (κ2) is 7.62. The zero-order chi connectivity index (χ0) is 16.1. The third kappa shape index (κ3) is 4.33. The van der Waals surface area contributed by atoms with Gasteiger partial charge in [0.15, 0.2) is 0 Å². The summed E-state index contributed by atoms with van der Waals surface area (Å²) in [6.45, 7) is 4.75. The smallest absolute Gasteiger partial charge is 0.315 e. The Morgan fingerprint density at radius 1 is 1.30 bits per heavy atom. The van der Waals surface area contributed by atoms with Gasteiger partial charge in [-0.3, -0.25) is 4.90 Å². The van der Waals surface area contributed by atoms with E-state index in [2.05, 4.69) is 46.7 Å². The SMILES string of the molecule is CC(c1ccccc1)N1CCC(NC(=O)NCc2cccs2)C1. The summed E-state index contributed by atoms with van der Waals surface area (Å²) in [5, 5.41) is 8.04. The van der Waals surface area contributed by atoms with Gasteiger partial charge >= 0.3 is 6.03 Å². The molecule has 3 rings (SSSR count). The van der Waals surface area contributed by atoms with E-state index in [-0.39, 0.29) is 12.1 Å². The van der Waals surface area contributed by atoms with Crippen LogP contribution in [0.5, 0.6) is 0 Å². The van der Waals surface area contributed by atoms with Gasteiger partial charge in [0.05, 0.1) is 6.54 Å². The number of carbonyl (C=O) groups excluding carboxylic acids is 1. The van der Waals surface area contributed by atoms with Crippen LogP contribution in [-0.2, 0) is 6.54 Å². The minimum absolute atomic E-state index is 0.0717. The van der Waals surface area contributed by atoms with Crippen molar-refractivity contribution in [1.29, 1.82) is 0 Å². The molecule has 2 amide bonds. The third-order valence-corrected chi connectivity index (χ3v) is 5.26. The van der Waals surface area contributed by atoms with Gasteiger partial charge in [-0.1, -0.05) is 36.4 Å². The number of hydrogen-bond donors (Lipinski definition) is 2. The van der Waals surface area contributed by atoms with Crippen LogP contribution in [-0.4, -0.2) is 30.1 Å². The van der Waals surface area contributed by atoms with Crippen molar-refractivity contribution in [3.05, 3.63) is 58.3 Å². The average Bonchev–Trinajstić information content (AvgIpc) is 3.25. The average molecular weight is 329 g/mol. The zero-order valence-corrected chi connectivity index (χ0v) is 14.2. The van der Waals surface area contributed by atoms with E-state index in [1.807, 2.05) is 23.6 Å². The second-order valence-corrected chi connectivity index (χ2v) is 7.01. The first-order valence-corrected chi connectivity index (χ1v) is 8.96. The topological polar surface area (TPSA) is 44.4 Å². The van der Waals surface area contributed by atoms with Crippen molar-refractivity contribution >= 4 is 17.4 Å². The molecule has 5 heteroatoms. The van der Waals surface area contributed by atoms with E-state index in [4.69, 9.17) is 0 Å². The van der Waals surface area contributed by atoms with Crippen LogP contribution < -0.4 is 10.6 Å². The summed E-state index contributed by atoms with van der Waals surface area (Å²) in [5.74, 6) is 0. The Morgan fingerprint density at radius 3 is 2.87 bits per heavy atom. The first kappa shape index (κ1) is 16.0. The molecule has 0 bridgehead atoms. The number of hydrogen-bond acceptors (Lipinski definition) is 3. The fraction of sp³-hybridized carbons (Fsp3) is 0.389. The molecule has 4 nitrogen and oxygen atoms in total. The maximum Gasteiger partial charge on any atom is 0.315 e. The molecular weight excluding hydrogens is 306 g/mol. The van der Waals surface area contributed by atoms with Crippen LogP contribution in [0.1, 0.15) is 29.8 Å². The van der Waals surface area contributed by atoms with Crippen molar-refractivity contribution in [1.82, 2.24) is 15.5 Å². The fourth-order valence-corrected chi connectivity index (χ4v) is 3.66.